The standard InChI is InChI=1S/C14H17N3O3/c1-10(18)16-12-4-2-3-11(9-12)14(20)17-7-5-13(19)15-6-8-17/h2-4,9H,5-8H2,1H3,(H,15,19)(H,16,18). The molecule has 1 aromatic carbocycles. The highest BCUT2D eigenvalue weighted by atomic mass is 16.2. The predicted octanol–water partition coefficient (Wildman–Crippen LogP) is 0.607. The average Bonchev–Trinajstić information content (AvgIpc) is 2.62. The van der Waals surface area contributed by atoms with Crippen LogP contribution in [-0.2, 0) is 9.59 Å². The monoisotopic (exact) mass is 275 g/mol. The number of rotatable bonds is 2. The third kappa shape index (κ3) is 3.57. The van der Waals surface area contributed by atoms with E-state index in [1.54, 1.807) is 29.2 Å². The quantitative estimate of drug-likeness (QED) is 0.830. The van der Waals surface area contributed by atoms with Gasteiger partial charge in [-0.25, -0.2) is 0 Å². The number of carbonyl (C=O) groups is 3. The predicted molar refractivity (Wildman–Crippen MR) is 74.3 cm³/mol. The van der Waals surface area contributed by atoms with Gasteiger partial charge in [-0.1, -0.05) is 6.07 Å². The Labute approximate surface area is 117 Å². The van der Waals surface area contributed by atoms with Crippen LogP contribution in [0.2, 0.25) is 0 Å². The maximum absolute atomic E-state index is 12.4. The molecular formula is C14H17N3O3. The van der Waals surface area contributed by atoms with Crippen LogP contribution in [0.3, 0.4) is 0 Å². The average molecular weight is 275 g/mol. The van der Waals surface area contributed by atoms with Gasteiger partial charge in [-0.15, -0.1) is 0 Å². The number of carbonyl (C=O) groups excluding carboxylic acids is 3. The summed E-state index contributed by atoms with van der Waals surface area (Å²) in [5.74, 6) is -0.347. The van der Waals surface area contributed by atoms with Crippen LogP contribution in [0, 0.1) is 0 Å². The van der Waals surface area contributed by atoms with E-state index >= 15 is 0 Å². The molecule has 1 aliphatic heterocycles. The van der Waals surface area contributed by atoms with Crippen molar-refractivity contribution in [3.63, 3.8) is 0 Å². The van der Waals surface area contributed by atoms with Gasteiger partial charge in [-0.3, -0.25) is 14.4 Å². The fourth-order valence-corrected chi connectivity index (χ4v) is 2.09. The highest BCUT2D eigenvalue weighted by Crippen LogP contribution is 2.13. The van der Waals surface area contributed by atoms with Gasteiger partial charge in [0.25, 0.3) is 5.91 Å². The van der Waals surface area contributed by atoms with Gasteiger partial charge in [-0.05, 0) is 18.2 Å². The number of nitrogens with zero attached hydrogens (tertiary/aromatic N) is 1. The number of amides is 3. The molecule has 0 saturated carbocycles. The van der Waals surface area contributed by atoms with Crippen molar-refractivity contribution in [1.29, 1.82) is 0 Å². The minimum atomic E-state index is -0.181. The molecule has 1 saturated heterocycles. The fourth-order valence-electron chi connectivity index (χ4n) is 2.09. The maximum atomic E-state index is 12.4. The molecule has 0 aliphatic carbocycles. The van der Waals surface area contributed by atoms with Crippen molar-refractivity contribution in [3.8, 4) is 0 Å². The first-order chi connectivity index (χ1) is 9.56. The molecule has 3 amide bonds. The molecule has 0 radical (unpaired) electrons. The molecule has 0 unspecified atom stereocenters. The zero-order valence-electron chi connectivity index (χ0n) is 11.3. The van der Waals surface area contributed by atoms with E-state index in [4.69, 9.17) is 0 Å². The molecule has 1 aliphatic rings. The molecule has 6 nitrogen and oxygen atoms in total. The van der Waals surface area contributed by atoms with E-state index in [0.29, 0.717) is 37.3 Å². The zero-order chi connectivity index (χ0) is 14.5. The summed E-state index contributed by atoms with van der Waals surface area (Å²) in [7, 11) is 0. The molecule has 0 aromatic heterocycles. The summed E-state index contributed by atoms with van der Waals surface area (Å²) in [5.41, 5.74) is 1.10. The first kappa shape index (κ1) is 14.0. The van der Waals surface area contributed by atoms with Gasteiger partial charge >= 0.3 is 0 Å². The third-order valence-electron chi connectivity index (χ3n) is 3.03. The van der Waals surface area contributed by atoms with Gasteiger partial charge in [0, 0.05) is 44.2 Å². The Balaban J connectivity index is 2.11. The number of hydrogen-bond donors (Lipinski definition) is 2. The van der Waals surface area contributed by atoms with Gasteiger partial charge in [-0.2, -0.15) is 0 Å². The largest absolute Gasteiger partial charge is 0.354 e. The SMILES string of the molecule is CC(=O)Nc1cccc(C(=O)N2CCNC(=O)CC2)c1. The van der Waals surface area contributed by atoms with Crippen LogP contribution < -0.4 is 10.6 Å². The first-order valence-electron chi connectivity index (χ1n) is 6.50. The Kier molecular flexibility index (Phi) is 4.34. The van der Waals surface area contributed by atoms with Crippen molar-refractivity contribution in [2.75, 3.05) is 25.0 Å². The molecule has 0 spiro atoms. The number of benzene rings is 1. The van der Waals surface area contributed by atoms with Crippen molar-refractivity contribution in [2.45, 2.75) is 13.3 Å². The van der Waals surface area contributed by atoms with E-state index in [-0.39, 0.29) is 17.7 Å². The minimum Gasteiger partial charge on any atom is -0.354 e. The second-order valence-corrected chi connectivity index (χ2v) is 4.65. The van der Waals surface area contributed by atoms with Crippen LogP contribution in [-0.4, -0.2) is 42.3 Å². The van der Waals surface area contributed by atoms with Gasteiger partial charge in [0.2, 0.25) is 11.8 Å². The number of hydrogen-bond acceptors (Lipinski definition) is 3. The molecular weight excluding hydrogens is 258 g/mol. The summed E-state index contributed by atoms with van der Waals surface area (Å²) >= 11 is 0. The fraction of sp³-hybridized carbons (Fsp3) is 0.357. The molecule has 6 heteroatoms. The topological polar surface area (TPSA) is 78.5 Å². The smallest absolute Gasteiger partial charge is 0.254 e. The van der Waals surface area contributed by atoms with Crippen LogP contribution in [0.5, 0.6) is 0 Å². The lowest BCUT2D eigenvalue weighted by Crippen LogP contribution is -2.34. The molecule has 2 rings (SSSR count). The summed E-state index contributed by atoms with van der Waals surface area (Å²) < 4.78 is 0. The minimum absolute atomic E-state index is 0.0349. The molecule has 1 fully saturated rings. The van der Waals surface area contributed by atoms with Crippen molar-refractivity contribution >= 4 is 23.4 Å². The Morgan fingerprint density at radius 3 is 2.85 bits per heavy atom. The van der Waals surface area contributed by atoms with Crippen molar-refractivity contribution < 1.29 is 14.4 Å². The molecule has 0 bridgehead atoms. The Morgan fingerprint density at radius 2 is 2.10 bits per heavy atom. The van der Waals surface area contributed by atoms with E-state index in [2.05, 4.69) is 10.6 Å². The summed E-state index contributed by atoms with van der Waals surface area (Å²) in [5, 5.41) is 5.37. The van der Waals surface area contributed by atoms with Crippen LogP contribution in [0.25, 0.3) is 0 Å². The second-order valence-electron chi connectivity index (χ2n) is 4.65. The zero-order valence-corrected chi connectivity index (χ0v) is 11.3. The van der Waals surface area contributed by atoms with E-state index in [1.807, 2.05) is 0 Å². The normalized spacial score (nSPS) is 15.2. The first-order valence-corrected chi connectivity index (χ1v) is 6.50. The molecule has 1 heterocycles. The van der Waals surface area contributed by atoms with E-state index in [0.717, 1.165) is 0 Å². The van der Waals surface area contributed by atoms with E-state index in [1.165, 1.54) is 6.92 Å². The Bertz CT molecular complexity index is 542. The van der Waals surface area contributed by atoms with Crippen LogP contribution in [0.15, 0.2) is 24.3 Å². The third-order valence-corrected chi connectivity index (χ3v) is 3.03. The molecule has 1 aromatic rings. The van der Waals surface area contributed by atoms with Crippen LogP contribution in [0.4, 0.5) is 5.69 Å². The summed E-state index contributed by atoms with van der Waals surface area (Å²) in [4.78, 5) is 36.3. The van der Waals surface area contributed by atoms with Gasteiger partial charge in [0.15, 0.2) is 0 Å². The molecule has 0 atom stereocenters. The lowest BCUT2D eigenvalue weighted by atomic mass is 10.1. The number of anilines is 1. The van der Waals surface area contributed by atoms with Gasteiger partial charge in [0.1, 0.15) is 0 Å². The van der Waals surface area contributed by atoms with Crippen molar-refractivity contribution in [1.82, 2.24) is 10.2 Å². The summed E-state index contributed by atoms with van der Waals surface area (Å²) in [6, 6.07) is 6.79. The lowest BCUT2D eigenvalue weighted by molar-refractivity contribution is -0.120. The maximum Gasteiger partial charge on any atom is 0.254 e. The van der Waals surface area contributed by atoms with Crippen molar-refractivity contribution in [2.24, 2.45) is 0 Å². The van der Waals surface area contributed by atoms with Crippen LogP contribution in [0.1, 0.15) is 23.7 Å². The molecule has 106 valence electrons. The lowest BCUT2D eigenvalue weighted by Gasteiger charge is -2.19. The van der Waals surface area contributed by atoms with Gasteiger partial charge < -0.3 is 15.5 Å². The highest BCUT2D eigenvalue weighted by molar-refractivity contribution is 5.97. The van der Waals surface area contributed by atoms with E-state index < -0.39 is 0 Å². The summed E-state index contributed by atoms with van der Waals surface area (Å²) in [6.07, 6.45) is 0.317. The van der Waals surface area contributed by atoms with Crippen molar-refractivity contribution in [3.05, 3.63) is 29.8 Å². The van der Waals surface area contributed by atoms with Gasteiger partial charge in [0.05, 0.1) is 0 Å². The Morgan fingerprint density at radius 1 is 1.30 bits per heavy atom. The molecule has 2 N–H and O–H groups in total. The van der Waals surface area contributed by atoms with E-state index in [9.17, 15) is 14.4 Å². The summed E-state index contributed by atoms with van der Waals surface area (Å²) in [6.45, 7) is 2.79. The Hall–Kier alpha value is -2.37. The molecule has 20 heavy (non-hydrogen) atoms. The highest BCUT2D eigenvalue weighted by Gasteiger charge is 2.19. The van der Waals surface area contributed by atoms with Crippen LogP contribution >= 0.6 is 0 Å². The number of nitrogens with one attached hydrogen (secondary N) is 2. The second kappa shape index (κ2) is 6.18.